The Morgan fingerprint density at radius 2 is 1.65 bits per heavy atom. The molecule has 0 heterocycles. The molecule has 0 aliphatic heterocycles. The fourth-order valence-corrected chi connectivity index (χ4v) is 4.62. The molecule has 0 unspecified atom stereocenters. The van der Waals surface area contributed by atoms with Crippen LogP contribution in [0.3, 0.4) is 0 Å². The summed E-state index contributed by atoms with van der Waals surface area (Å²) in [4.78, 5) is 0. The first-order valence-electron chi connectivity index (χ1n) is 8.14. The van der Waals surface area contributed by atoms with Gasteiger partial charge >= 0.3 is 0 Å². The normalized spacial score (nSPS) is 20.0. The van der Waals surface area contributed by atoms with E-state index in [2.05, 4.69) is 26.1 Å². The minimum atomic E-state index is -2.85. The second-order valence-corrected chi connectivity index (χ2v) is 9.87. The maximum atomic E-state index is 12.0. The van der Waals surface area contributed by atoms with Gasteiger partial charge in [0.1, 0.15) is 9.84 Å². The zero-order valence-corrected chi connectivity index (χ0v) is 14.6. The smallest absolute Gasteiger partial charge is 0.150 e. The average Bonchev–Trinajstić information content (AvgIpc) is 2.35. The van der Waals surface area contributed by atoms with Crippen LogP contribution in [0.2, 0.25) is 0 Å². The third kappa shape index (κ3) is 6.57. The van der Waals surface area contributed by atoms with Gasteiger partial charge in [0.2, 0.25) is 0 Å². The molecule has 0 saturated heterocycles. The summed E-state index contributed by atoms with van der Waals surface area (Å²) in [5.41, 5.74) is 0.305. The largest absolute Gasteiger partial charge is 0.312 e. The zero-order valence-electron chi connectivity index (χ0n) is 13.8. The van der Waals surface area contributed by atoms with Crippen LogP contribution in [-0.4, -0.2) is 32.0 Å². The van der Waals surface area contributed by atoms with E-state index in [0.717, 1.165) is 19.4 Å². The fraction of sp³-hybridized carbons (Fsp3) is 1.00. The molecule has 4 heteroatoms. The summed E-state index contributed by atoms with van der Waals surface area (Å²) in [6, 6.07) is 0. The lowest BCUT2D eigenvalue weighted by molar-refractivity contribution is 0.160. The lowest BCUT2D eigenvalue weighted by atomic mass is 9.72. The average molecular weight is 304 g/mol. The van der Waals surface area contributed by atoms with Crippen molar-refractivity contribution < 1.29 is 8.42 Å². The van der Waals surface area contributed by atoms with E-state index < -0.39 is 9.84 Å². The molecule has 1 aliphatic carbocycles. The molecule has 20 heavy (non-hydrogen) atoms. The minimum absolute atomic E-state index is 0.104. The first-order valence-corrected chi connectivity index (χ1v) is 9.96. The number of nitrogens with one attached hydrogen (secondary N) is 1. The highest BCUT2D eigenvalue weighted by Gasteiger charge is 2.33. The van der Waals surface area contributed by atoms with Crippen molar-refractivity contribution in [1.82, 2.24) is 5.32 Å². The molecule has 0 amide bonds. The van der Waals surface area contributed by atoms with Gasteiger partial charge in [-0.3, -0.25) is 0 Å². The van der Waals surface area contributed by atoms with Gasteiger partial charge in [-0.1, -0.05) is 26.2 Å². The Morgan fingerprint density at radius 3 is 2.15 bits per heavy atom. The van der Waals surface area contributed by atoms with Crippen molar-refractivity contribution in [1.29, 1.82) is 0 Å². The van der Waals surface area contributed by atoms with Gasteiger partial charge in [-0.2, -0.15) is 0 Å². The van der Waals surface area contributed by atoms with Crippen LogP contribution in [-0.2, 0) is 9.84 Å². The highest BCUT2D eigenvalue weighted by atomic mass is 32.2. The van der Waals surface area contributed by atoms with Crippen LogP contribution in [0.5, 0.6) is 0 Å². The van der Waals surface area contributed by atoms with Gasteiger partial charge in [0.15, 0.2) is 0 Å². The van der Waals surface area contributed by atoms with E-state index in [1.165, 1.54) is 32.1 Å². The first kappa shape index (κ1) is 18.0. The molecule has 1 saturated carbocycles. The number of hydrogen-bond donors (Lipinski definition) is 1. The van der Waals surface area contributed by atoms with Crippen LogP contribution in [0.1, 0.15) is 72.6 Å². The molecular weight excluding hydrogens is 270 g/mol. The monoisotopic (exact) mass is 303 g/mol. The molecule has 0 atom stereocenters. The topological polar surface area (TPSA) is 46.2 Å². The standard InChI is InChI=1S/C16H33NO2S/c1-5-12-20(18,19)13-11-16(9-7-6-8-10-16)14-17-15(2,3)4/h17H,5-14H2,1-4H3. The number of sulfone groups is 1. The molecule has 0 spiro atoms. The van der Waals surface area contributed by atoms with Crippen molar-refractivity contribution in [3.63, 3.8) is 0 Å². The molecule has 0 bridgehead atoms. The predicted molar refractivity (Wildman–Crippen MR) is 86.8 cm³/mol. The fourth-order valence-electron chi connectivity index (χ4n) is 3.05. The van der Waals surface area contributed by atoms with E-state index in [1.54, 1.807) is 0 Å². The summed E-state index contributed by atoms with van der Waals surface area (Å²) in [6.45, 7) is 9.43. The second-order valence-electron chi connectivity index (χ2n) is 7.57. The van der Waals surface area contributed by atoms with E-state index in [9.17, 15) is 8.42 Å². The Hall–Kier alpha value is -0.0900. The third-order valence-electron chi connectivity index (χ3n) is 4.37. The molecule has 1 fully saturated rings. The van der Waals surface area contributed by atoms with Gasteiger partial charge in [0.05, 0.1) is 5.75 Å². The molecule has 1 N–H and O–H groups in total. The van der Waals surface area contributed by atoms with E-state index >= 15 is 0 Å². The molecule has 120 valence electrons. The van der Waals surface area contributed by atoms with Gasteiger partial charge in [-0.05, 0) is 51.9 Å². The molecule has 1 rings (SSSR count). The van der Waals surface area contributed by atoms with Gasteiger partial charge < -0.3 is 5.32 Å². The van der Waals surface area contributed by atoms with Crippen molar-refractivity contribution in [2.24, 2.45) is 5.41 Å². The van der Waals surface area contributed by atoms with Gasteiger partial charge in [-0.15, -0.1) is 0 Å². The van der Waals surface area contributed by atoms with Crippen LogP contribution >= 0.6 is 0 Å². The third-order valence-corrected chi connectivity index (χ3v) is 6.22. The molecule has 0 radical (unpaired) electrons. The number of rotatable bonds is 7. The second kappa shape index (κ2) is 7.26. The van der Waals surface area contributed by atoms with Gasteiger partial charge in [0.25, 0.3) is 0 Å². The maximum Gasteiger partial charge on any atom is 0.150 e. The summed E-state index contributed by atoms with van der Waals surface area (Å²) in [7, 11) is -2.85. The quantitative estimate of drug-likeness (QED) is 0.782. The number of hydrogen-bond acceptors (Lipinski definition) is 3. The van der Waals surface area contributed by atoms with Crippen LogP contribution in [0.25, 0.3) is 0 Å². The maximum absolute atomic E-state index is 12.0. The van der Waals surface area contributed by atoms with Crippen LogP contribution < -0.4 is 5.32 Å². The Bertz CT molecular complexity index is 376. The first-order chi connectivity index (χ1) is 9.18. The summed E-state index contributed by atoms with van der Waals surface area (Å²) in [5.74, 6) is 0.711. The summed E-state index contributed by atoms with van der Waals surface area (Å²) < 4.78 is 24.0. The summed E-state index contributed by atoms with van der Waals surface area (Å²) in [5, 5.41) is 3.61. The lowest BCUT2D eigenvalue weighted by Crippen LogP contribution is -2.45. The molecule has 3 nitrogen and oxygen atoms in total. The Labute approximate surface area is 125 Å². The Morgan fingerprint density at radius 1 is 1.05 bits per heavy atom. The van der Waals surface area contributed by atoms with E-state index in [1.807, 2.05) is 6.92 Å². The Kier molecular flexibility index (Phi) is 6.52. The van der Waals surface area contributed by atoms with Crippen LogP contribution in [0, 0.1) is 5.41 Å². The van der Waals surface area contributed by atoms with Gasteiger partial charge in [-0.25, -0.2) is 8.42 Å². The van der Waals surface area contributed by atoms with Crippen molar-refractivity contribution >= 4 is 9.84 Å². The van der Waals surface area contributed by atoms with Crippen molar-refractivity contribution in [3.8, 4) is 0 Å². The zero-order chi connectivity index (χ0) is 15.3. The minimum Gasteiger partial charge on any atom is -0.312 e. The van der Waals surface area contributed by atoms with Crippen molar-refractivity contribution in [2.75, 3.05) is 18.1 Å². The summed E-state index contributed by atoms with van der Waals surface area (Å²) >= 11 is 0. The van der Waals surface area contributed by atoms with Crippen molar-refractivity contribution in [2.45, 2.75) is 78.2 Å². The molecule has 1 aliphatic rings. The van der Waals surface area contributed by atoms with E-state index in [0.29, 0.717) is 11.5 Å². The highest BCUT2D eigenvalue weighted by Crippen LogP contribution is 2.39. The molecule has 0 aromatic rings. The van der Waals surface area contributed by atoms with Crippen molar-refractivity contribution in [3.05, 3.63) is 0 Å². The molecule has 0 aromatic heterocycles. The summed E-state index contributed by atoms with van der Waals surface area (Å²) in [6.07, 6.45) is 7.72. The van der Waals surface area contributed by atoms with Crippen LogP contribution in [0.15, 0.2) is 0 Å². The lowest BCUT2D eigenvalue weighted by Gasteiger charge is -2.40. The molecule has 0 aromatic carbocycles. The van der Waals surface area contributed by atoms with E-state index in [4.69, 9.17) is 0 Å². The SMILES string of the molecule is CCCS(=O)(=O)CCC1(CNC(C)(C)C)CCCCC1. The van der Waals surface area contributed by atoms with E-state index in [-0.39, 0.29) is 11.0 Å². The molecular formula is C16H33NO2S. The Balaban J connectivity index is 2.64. The van der Waals surface area contributed by atoms with Crippen LogP contribution in [0.4, 0.5) is 0 Å². The van der Waals surface area contributed by atoms with Gasteiger partial charge in [0, 0.05) is 17.8 Å². The highest BCUT2D eigenvalue weighted by molar-refractivity contribution is 7.91. The predicted octanol–water partition coefficient (Wildman–Crippen LogP) is 3.54.